The summed E-state index contributed by atoms with van der Waals surface area (Å²) in [6.07, 6.45) is 2.68. The molecule has 0 aliphatic carbocycles. The summed E-state index contributed by atoms with van der Waals surface area (Å²) in [5, 5.41) is 5.55. The minimum Gasteiger partial charge on any atom is -0.326 e. The fourth-order valence-electron chi connectivity index (χ4n) is 1.72. The van der Waals surface area contributed by atoms with Crippen molar-refractivity contribution in [1.82, 2.24) is 9.97 Å². The SMILES string of the molecule is CC(=O)Nc1ccc(NC(=O)c2cncc(Cl)n2)cc1C. The van der Waals surface area contributed by atoms with Crippen LogP contribution in [-0.2, 0) is 4.79 Å². The van der Waals surface area contributed by atoms with Gasteiger partial charge in [-0.05, 0) is 30.7 Å². The van der Waals surface area contributed by atoms with E-state index in [1.54, 1.807) is 18.2 Å². The zero-order valence-electron chi connectivity index (χ0n) is 11.5. The lowest BCUT2D eigenvalue weighted by Gasteiger charge is -2.10. The second-order valence-corrected chi connectivity index (χ2v) is 4.78. The molecule has 0 aliphatic rings. The Balaban J connectivity index is 2.15. The van der Waals surface area contributed by atoms with E-state index in [0.717, 1.165) is 5.56 Å². The van der Waals surface area contributed by atoms with Gasteiger partial charge in [-0.3, -0.25) is 14.6 Å². The van der Waals surface area contributed by atoms with Crippen LogP contribution in [-0.4, -0.2) is 21.8 Å². The number of hydrogen-bond donors (Lipinski definition) is 2. The summed E-state index contributed by atoms with van der Waals surface area (Å²) in [5.41, 5.74) is 2.25. The van der Waals surface area contributed by atoms with Gasteiger partial charge in [-0.2, -0.15) is 0 Å². The maximum Gasteiger partial charge on any atom is 0.275 e. The molecule has 0 fully saturated rings. The zero-order valence-corrected chi connectivity index (χ0v) is 12.2. The fourth-order valence-corrected chi connectivity index (χ4v) is 1.87. The van der Waals surface area contributed by atoms with Crippen LogP contribution in [0.5, 0.6) is 0 Å². The van der Waals surface area contributed by atoms with Gasteiger partial charge < -0.3 is 10.6 Å². The quantitative estimate of drug-likeness (QED) is 0.913. The number of halogens is 1. The number of rotatable bonds is 3. The Hall–Kier alpha value is -2.47. The van der Waals surface area contributed by atoms with Crippen molar-refractivity contribution in [3.05, 3.63) is 47.0 Å². The largest absolute Gasteiger partial charge is 0.326 e. The first kappa shape index (κ1) is 14.9. The first-order chi connectivity index (χ1) is 9.95. The fraction of sp³-hybridized carbons (Fsp3) is 0.143. The van der Waals surface area contributed by atoms with Gasteiger partial charge in [0.15, 0.2) is 0 Å². The molecule has 21 heavy (non-hydrogen) atoms. The Bertz CT molecular complexity index is 703. The lowest BCUT2D eigenvalue weighted by Crippen LogP contribution is -2.14. The molecule has 2 N–H and O–H groups in total. The zero-order chi connectivity index (χ0) is 15.4. The van der Waals surface area contributed by atoms with E-state index in [0.29, 0.717) is 11.4 Å². The summed E-state index contributed by atoms with van der Waals surface area (Å²) < 4.78 is 0. The van der Waals surface area contributed by atoms with Crippen LogP contribution in [0.25, 0.3) is 0 Å². The van der Waals surface area contributed by atoms with Crippen molar-refractivity contribution in [2.24, 2.45) is 0 Å². The van der Waals surface area contributed by atoms with Crippen LogP contribution in [0.2, 0.25) is 5.15 Å². The van der Waals surface area contributed by atoms with Crippen molar-refractivity contribution < 1.29 is 9.59 Å². The van der Waals surface area contributed by atoms with Crippen LogP contribution in [0, 0.1) is 6.92 Å². The van der Waals surface area contributed by atoms with E-state index in [2.05, 4.69) is 20.6 Å². The van der Waals surface area contributed by atoms with E-state index in [9.17, 15) is 9.59 Å². The Morgan fingerprint density at radius 1 is 1.19 bits per heavy atom. The third-order valence-corrected chi connectivity index (χ3v) is 2.81. The van der Waals surface area contributed by atoms with Gasteiger partial charge in [0.25, 0.3) is 5.91 Å². The molecule has 0 saturated heterocycles. The van der Waals surface area contributed by atoms with Gasteiger partial charge in [0.05, 0.1) is 12.4 Å². The number of nitrogens with one attached hydrogen (secondary N) is 2. The molecule has 0 saturated carbocycles. The van der Waals surface area contributed by atoms with E-state index < -0.39 is 5.91 Å². The molecule has 0 bridgehead atoms. The minimum absolute atomic E-state index is 0.131. The first-order valence-corrected chi connectivity index (χ1v) is 6.50. The van der Waals surface area contributed by atoms with Crippen molar-refractivity contribution in [2.75, 3.05) is 10.6 Å². The highest BCUT2D eigenvalue weighted by atomic mass is 35.5. The summed E-state index contributed by atoms with van der Waals surface area (Å²) >= 11 is 5.69. The van der Waals surface area contributed by atoms with E-state index in [4.69, 9.17) is 11.6 Å². The van der Waals surface area contributed by atoms with Crippen molar-refractivity contribution in [3.63, 3.8) is 0 Å². The number of amides is 2. The van der Waals surface area contributed by atoms with Crippen LogP contribution in [0.4, 0.5) is 11.4 Å². The van der Waals surface area contributed by atoms with E-state index in [-0.39, 0.29) is 16.8 Å². The second kappa shape index (κ2) is 6.32. The standard InChI is InChI=1S/C14H13ClN4O2/c1-8-5-10(3-4-11(8)17-9(2)20)18-14(21)12-6-16-7-13(15)19-12/h3-7H,1-2H3,(H,17,20)(H,18,21). The number of carbonyl (C=O) groups is 2. The topological polar surface area (TPSA) is 84.0 Å². The van der Waals surface area contributed by atoms with E-state index >= 15 is 0 Å². The van der Waals surface area contributed by atoms with Gasteiger partial charge in [-0.1, -0.05) is 11.6 Å². The van der Waals surface area contributed by atoms with Crippen molar-refractivity contribution >= 4 is 34.8 Å². The predicted molar refractivity (Wildman–Crippen MR) is 80.5 cm³/mol. The van der Waals surface area contributed by atoms with Crippen molar-refractivity contribution in [1.29, 1.82) is 0 Å². The molecule has 108 valence electrons. The van der Waals surface area contributed by atoms with Crippen LogP contribution in [0.15, 0.2) is 30.6 Å². The maximum atomic E-state index is 12.0. The Labute approximate surface area is 126 Å². The van der Waals surface area contributed by atoms with E-state index in [1.165, 1.54) is 19.3 Å². The summed E-state index contributed by atoms with van der Waals surface area (Å²) in [5.74, 6) is -0.555. The Morgan fingerprint density at radius 2 is 1.95 bits per heavy atom. The molecular formula is C14H13ClN4O2. The summed E-state index contributed by atoms with van der Waals surface area (Å²) in [6, 6.07) is 5.16. The number of hydrogen-bond acceptors (Lipinski definition) is 4. The highest BCUT2D eigenvalue weighted by molar-refractivity contribution is 6.29. The van der Waals surface area contributed by atoms with Crippen molar-refractivity contribution in [3.8, 4) is 0 Å². The van der Waals surface area contributed by atoms with Gasteiger partial charge >= 0.3 is 0 Å². The maximum absolute atomic E-state index is 12.0. The van der Waals surface area contributed by atoms with Crippen LogP contribution >= 0.6 is 11.6 Å². The van der Waals surface area contributed by atoms with Crippen LogP contribution in [0.3, 0.4) is 0 Å². The lowest BCUT2D eigenvalue weighted by atomic mass is 10.1. The normalized spacial score (nSPS) is 10.0. The number of carbonyl (C=O) groups excluding carboxylic acids is 2. The Morgan fingerprint density at radius 3 is 2.57 bits per heavy atom. The number of aromatic nitrogens is 2. The monoisotopic (exact) mass is 304 g/mol. The summed E-state index contributed by atoms with van der Waals surface area (Å²) in [7, 11) is 0. The average Bonchev–Trinajstić information content (AvgIpc) is 2.41. The molecule has 7 heteroatoms. The third kappa shape index (κ3) is 4.00. The first-order valence-electron chi connectivity index (χ1n) is 6.13. The molecule has 2 rings (SSSR count). The molecule has 0 unspecified atom stereocenters. The summed E-state index contributed by atoms with van der Waals surface area (Å²) in [6.45, 7) is 3.27. The average molecular weight is 305 g/mol. The number of aryl methyl sites for hydroxylation is 1. The lowest BCUT2D eigenvalue weighted by molar-refractivity contribution is -0.114. The van der Waals surface area contributed by atoms with E-state index in [1.807, 2.05) is 6.92 Å². The number of anilines is 2. The number of nitrogens with zero attached hydrogens (tertiary/aromatic N) is 2. The molecule has 0 aliphatic heterocycles. The van der Waals surface area contributed by atoms with Gasteiger partial charge in [0, 0.05) is 18.3 Å². The molecule has 1 aromatic heterocycles. The molecule has 1 heterocycles. The highest BCUT2D eigenvalue weighted by Gasteiger charge is 2.10. The molecule has 0 radical (unpaired) electrons. The predicted octanol–water partition coefficient (Wildman–Crippen LogP) is 2.65. The smallest absolute Gasteiger partial charge is 0.275 e. The third-order valence-electron chi connectivity index (χ3n) is 2.63. The van der Waals surface area contributed by atoms with Gasteiger partial charge in [-0.25, -0.2) is 4.98 Å². The number of benzene rings is 1. The van der Waals surface area contributed by atoms with Gasteiger partial charge in [0.1, 0.15) is 10.8 Å². The van der Waals surface area contributed by atoms with Crippen LogP contribution < -0.4 is 10.6 Å². The van der Waals surface area contributed by atoms with Gasteiger partial charge in [0.2, 0.25) is 5.91 Å². The Kier molecular flexibility index (Phi) is 4.49. The molecule has 6 nitrogen and oxygen atoms in total. The molecule has 0 atom stereocenters. The summed E-state index contributed by atoms with van der Waals surface area (Å²) in [4.78, 5) is 30.7. The van der Waals surface area contributed by atoms with Crippen LogP contribution in [0.1, 0.15) is 23.0 Å². The molecule has 1 aromatic carbocycles. The second-order valence-electron chi connectivity index (χ2n) is 4.39. The molecule has 2 amide bonds. The van der Waals surface area contributed by atoms with Gasteiger partial charge in [-0.15, -0.1) is 0 Å². The molecule has 2 aromatic rings. The van der Waals surface area contributed by atoms with Crippen molar-refractivity contribution in [2.45, 2.75) is 13.8 Å². The highest BCUT2D eigenvalue weighted by Crippen LogP contribution is 2.20. The molecular weight excluding hydrogens is 292 g/mol. The minimum atomic E-state index is -0.406. The molecule has 0 spiro atoms.